The van der Waals surface area contributed by atoms with Crippen LogP contribution in [0.5, 0.6) is 0 Å². The zero-order chi connectivity index (χ0) is 18.4. The molecule has 0 saturated heterocycles. The van der Waals surface area contributed by atoms with E-state index < -0.39 is 0 Å². The highest BCUT2D eigenvalue weighted by Gasteiger charge is 2.40. The van der Waals surface area contributed by atoms with Crippen LogP contribution in [0.4, 0.5) is 5.69 Å². The topological polar surface area (TPSA) is 9.29 Å². The molecule has 0 saturated carbocycles. The Hall–Kier alpha value is -3.77. The van der Waals surface area contributed by atoms with Gasteiger partial charge < -0.3 is 4.57 Å². The predicted molar refractivity (Wildman–Crippen MR) is 117 cm³/mol. The van der Waals surface area contributed by atoms with E-state index in [2.05, 4.69) is 82.2 Å². The Kier molecular flexibility index (Phi) is 2.42. The van der Waals surface area contributed by atoms with Gasteiger partial charge in [-0.1, -0.05) is 72.2 Å². The lowest BCUT2D eigenvalue weighted by Crippen LogP contribution is -2.53. The van der Waals surface area contributed by atoms with E-state index in [1.807, 2.05) is 6.07 Å². The molecule has 0 N–H and O–H groups in total. The Balaban J connectivity index is 1.80. The van der Waals surface area contributed by atoms with Gasteiger partial charge in [0, 0.05) is 16.6 Å². The molecule has 0 amide bonds. The zero-order valence-electron chi connectivity index (χ0n) is 15.0. The number of rotatable bonds is 0. The van der Waals surface area contributed by atoms with Crippen LogP contribution in [0.15, 0.2) is 78.9 Å². The molecule has 0 bridgehead atoms. The van der Waals surface area contributed by atoms with Crippen molar-refractivity contribution in [3.8, 4) is 16.8 Å². The molecule has 3 heteroatoms. The highest BCUT2D eigenvalue weighted by atomic mass is 15.0. The highest BCUT2D eigenvalue weighted by Crippen LogP contribution is 2.40. The molecule has 3 heterocycles. The van der Waals surface area contributed by atoms with Gasteiger partial charge in [0.05, 0.1) is 12.1 Å². The number of fused-ring (bicyclic) bond motifs is 8. The number of aromatic nitrogens is 1. The van der Waals surface area contributed by atoms with Crippen LogP contribution >= 0.6 is 0 Å². The SMILES string of the molecule is [C-]#[N+]c1ccc2c3c1c1ccccc1n3-c1cccc3c1B2c1ccccc1-3. The van der Waals surface area contributed by atoms with Gasteiger partial charge in [-0.2, -0.15) is 0 Å². The third kappa shape index (κ3) is 1.45. The van der Waals surface area contributed by atoms with E-state index in [1.165, 1.54) is 44.2 Å². The van der Waals surface area contributed by atoms with Crippen molar-refractivity contribution in [2.24, 2.45) is 0 Å². The van der Waals surface area contributed by atoms with Crippen LogP contribution in [0.3, 0.4) is 0 Å². The Morgan fingerprint density at radius 2 is 1.57 bits per heavy atom. The molecule has 0 fully saturated rings. The molecule has 1 aromatic heterocycles. The summed E-state index contributed by atoms with van der Waals surface area (Å²) in [6.45, 7) is 7.98. The summed E-state index contributed by atoms with van der Waals surface area (Å²) in [6.07, 6.45) is 0. The molecule has 0 radical (unpaired) electrons. The average Bonchev–Trinajstić information content (AvgIpc) is 3.28. The van der Waals surface area contributed by atoms with Gasteiger partial charge in [-0.15, -0.1) is 0 Å². The number of nitrogens with zero attached hydrogens (tertiary/aromatic N) is 2. The summed E-state index contributed by atoms with van der Waals surface area (Å²) in [5, 5.41) is 2.25. The lowest BCUT2D eigenvalue weighted by atomic mass is 9.37. The van der Waals surface area contributed by atoms with E-state index in [0.717, 1.165) is 16.5 Å². The van der Waals surface area contributed by atoms with Crippen molar-refractivity contribution in [2.45, 2.75) is 0 Å². The normalized spacial score (nSPS) is 12.9. The van der Waals surface area contributed by atoms with E-state index in [9.17, 15) is 0 Å². The minimum Gasteiger partial charge on any atom is -0.312 e. The maximum Gasteiger partial charge on any atom is 0.248 e. The maximum absolute atomic E-state index is 7.74. The third-order valence-corrected chi connectivity index (χ3v) is 6.43. The van der Waals surface area contributed by atoms with Gasteiger partial charge in [0.2, 0.25) is 6.71 Å². The Labute approximate surface area is 162 Å². The smallest absolute Gasteiger partial charge is 0.248 e. The van der Waals surface area contributed by atoms with Gasteiger partial charge >= 0.3 is 0 Å². The van der Waals surface area contributed by atoms with Gasteiger partial charge in [0.1, 0.15) is 0 Å². The van der Waals surface area contributed by atoms with Crippen LogP contribution in [0.25, 0.3) is 43.5 Å². The lowest BCUT2D eigenvalue weighted by molar-refractivity contribution is 1.19. The van der Waals surface area contributed by atoms with Crippen LogP contribution < -0.4 is 16.4 Å². The van der Waals surface area contributed by atoms with Crippen molar-refractivity contribution < 1.29 is 0 Å². The largest absolute Gasteiger partial charge is 0.312 e. The molecule has 2 aliphatic heterocycles. The molecule has 0 unspecified atom stereocenters. The second kappa shape index (κ2) is 4.74. The molecule has 7 rings (SSSR count). The maximum atomic E-state index is 7.74. The summed E-state index contributed by atoms with van der Waals surface area (Å²) in [5.74, 6) is 0. The summed E-state index contributed by atoms with van der Waals surface area (Å²) in [6, 6.07) is 28.1. The average molecular weight is 352 g/mol. The fraction of sp³-hybridized carbons (Fsp3) is 0. The fourth-order valence-electron chi connectivity index (χ4n) is 5.44. The van der Waals surface area contributed by atoms with E-state index in [4.69, 9.17) is 6.57 Å². The zero-order valence-corrected chi connectivity index (χ0v) is 15.0. The van der Waals surface area contributed by atoms with E-state index in [0.29, 0.717) is 0 Å². The first-order chi connectivity index (χ1) is 13.9. The van der Waals surface area contributed by atoms with E-state index in [-0.39, 0.29) is 6.71 Å². The molecule has 5 aromatic rings. The molecule has 0 spiro atoms. The first kappa shape index (κ1) is 14.3. The molecule has 126 valence electrons. The van der Waals surface area contributed by atoms with Gasteiger partial charge in [-0.25, -0.2) is 4.85 Å². The summed E-state index contributed by atoms with van der Waals surface area (Å²) in [5.41, 5.74) is 11.1. The van der Waals surface area contributed by atoms with Gasteiger partial charge in [0.25, 0.3) is 0 Å². The van der Waals surface area contributed by atoms with Crippen molar-refractivity contribution >= 4 is 50.6 Å². The molecule has 4 aromatic carbocycles. The van der Waals surface area contributed by atoms with Crippen LogP contribution in [0.1, 0.15) is 0 Å². The summed E-state index contributed by atoms with van der Waals surface area (Å²) in [7, 11) is 0. The predicted octanol–water partition coefficient (Wildman–Crippen LogP) is 4.14. The number of benzene rings is 4. The van der Waals surface area contributed by atoms with Crippen molar-refractivity contribution in [3.63, 3.8) is 0 Å². The Bertz CT molecular complexity index is 1530. The number of hydrogen-bond donors (Lipinski definition) is 0. The van der Waals surface area contributed by atoms with E-state index >= 15 is 0 Å². The highest BCUT2D eigenvalue weighted by molar-refractivity contribution is 7.01. The number of para-hydroxylation sites is 1. The molecule has 0 atom stereocenters. The second-order valence-electron chi connectivity index (χ2n) is 7.62. The number of hydrogen-bond acceptors (Lipinski definition) is 0. The molecule has 28 heavy (non-hydrogen) atoms. The second-order valence-corrected chi connectivity index (χ2v) is 7.62. The third-order valence-electron chi connectivity index (χ3n) is 6.43. The first-order valence-corrected chi connectivity index (χ1v) is 9.54. The van der Waals surface area contributed by atoms with E-state index in [1.54, 1.807) is 0 Å². The van der Waals surface area contributed by atoms with Crippen LogP contribution in [-0.2, 0) is 0 Å². The van der Waals surface area contributed by atoms with Crippen LogP contribution in [-0.4, -0.2) is 11.3 Å². The summed E-state index contributed by atoms with van der Waals surface area (Å²) < 4.78 is 2.38. The van der Waals surface area contributed by atoms with Gasteiger partial charge in [0.15, 0.2) is 5.69 Å². The standard InChI is InChI=1S/C25H13BN2/c1-27-20-14-13-19-25-23(20)17-8-3-5-11-21(17)28(25)22-12-6-9-16-15-7-2-4-10-18(15)26(19)24(16)22/h2-14H. The van der Waals surface area contributed by atoms with Crippen molar-refractivity contribution in [3.05, 3.63) is 90.3 Å². The molecule has 0 aliphatic carbocycles. The first-order valence-electron chi connectivity index (χ1n) is 9.54. The minimum atomic E-state index is 0.237. The van der Waals surface area contributed by atoms with Crippen molar-refractivity contribution in [2.75, 3.05) is 0 Å². The molecule has 2 nitrogen and oxygen atoms in total. The quantitative estimate of drug-likeness (QED) is 0.287. The monoisotopic (exact) mass is 352 g/mol. The summed E-state index contributed by atoms with van der Waals surface area (Å²) in [4.78, 5) is 3.86. The summed E-state index contributed by atoms with van der Waals surface area (Å²) >= 11 is 0. The molecule has 2 aliphatic rings. The Morgan fingerprint density at radius 1 is 0.750 bits per heavy atom. The minimum absolute atomic E-state index is 0.237. The molecular formula is C25H13BN2. The molecular weight excluding hydrogens is 339 g/mol. The van der Waals surface area contributed by atoms with Crippen LogP contribution in [0, 0.1) is 6.57 Å². The van der Waals surface area contributed by atoms with Crippen molar-refractivity contribution in [1.29, 1.82) is 0 Å². The van der Waals surface area contributed by atoms with Crippen LogP contribution in [0.2, 0.25) is 0 Å². The van der Waals surface area contributed by atoms with Gasteiger partial charge in [-0.3, -0.25) is 0 Å². The van der Waals surface area contributed by atoms with Crippen molar-refractivity contribution in [1.82, 2.24) is 4.57 Å². The Morgan fingerprint density at radius 3 is 2.50 bits per heavy atom. The van der Waals surface area contributed by atoms with Gasteiger partial charge in [-0.05, 0) is 39.6 Å². The fourth-order valence-corrected chi connectivity index (χ4v) is 5.44. The lowest BCUT2D eigenvalue weighted by Gasteiger charge is -2.24.